The molecule has 0 aromatic heterocycles. The fourth-order valence-corrected chi connectivity index (χ4v) is 3.32. The smallest absolute Gasteiger partial charge is 0.262 e. The van der Waals surface area contributed by atoms with Crippen LogP contribution in [-0.4, -0.2) is 26.7 Å². The fourth-order valence-electron chi connectivity index (χ4n) is 2.25. The number of carbonyl (C=O) groups is 2. The van der Waals surface area contributed by atoms with Crippen LogP contribution in [0.5, 0.6) is 5.75 Å². The molecule has 0 saturated heterocycles. The van der Waals surface area contributed by atoms with Crippen LogP contribution in [-0.2, 0) is 14.8 Å². The number of ketones is 1. The number of benzene rings is 2. The van der Waals surface area contributed by atoms with Crippen molar-refractivity contribution < 1.29 is 22.7 Å². The van der Waals surface area contributed by atoms with Crippen LogP contribution >= 0.6 is 0 Å². The standard InChI is InChI=1S/C16H14N2O5S/c1-10(19)11-3-2-4-12(7-11)18-24(21,22)13-5-6-15-14(8-13)17-16(20)9-23-15/h2-8,18H,9H2,1H3,(H,17,20). The second kappa shape index (κ2) is 5.97. The maximum absolute atomic E-state index is 12.5. The molecule has 124 valence electrons. The molecule has 2 aromatic carbocycles. The number of hydrogen-bond donors (Lipinski definition) is 2. The molecule has 1 heterocycles. The van der Waals surface area contributed by atoms with E-state index in [1.807, 2.05) is 0 Å². The molecule has 2 aromatic rings. The second-order valence-electron chi connectivity index (χ2n) is 5.24. The van der Waals surface area contributed by atoms with E-state index < -0.39 is 10.0 Å². The van der Waals surface area contributed by atoms with Gasteiger partial charge in [0.15, 0.2) is 12.4 Å². The summed E-state index contributed by atoms with van der Waals surface area (Å²) in [6, 6.07) is 10.4. The van der Waals surface area contributed by atoms with Crippen molar-refractivity contribution in [2.24, 2.45) is 0 Å². The SMILES string of the molecule is CC(=O)c1cccc(NS(=O)(=O)c2ccc3c(c2)NC(=O)CO3)c1. The summed E-state index contributed by atoms with van der Waals surface area (Å²) in [6.07, 6.45) is 0. The Morgan fingerprint density at radius 2 is 2.00 bits per heavy atom. The average Bonchev–Trinajstić information content (AvgIpc) is 2.54. The highest BCUT2D eigenvalue weighted by Crippen LogP contribution is 2.30. The Labute approximate surface area is 138 Å². The van der Waals surface area contributed by atoms with Crippen LogP contribution in [0.3, 0.4) is 0 Å². The highest BCUT2D eigenvalue weighted by Gasteiger charge is 2.21. The van der Waals surface area contributed by atoms with Gasteiger partial charge in [0.1, 0.15) is 5.75 Å². The monoisotopic (exact) mass is 346 g/mol. The van der Waals surface area contributed by atoms with E-state index in [9.17, 15) is 18.0 Å². The zero-order chi connectivity index (χ0) is 17.3. The average molecular weight is 346 g/mol. The molecule has 1 amide bonds. The largest absolute Gasteiger partial charge is 0.482 e. The predicted molar refractivity (Wildman–Crippen MR) is 87.8 cm³/mol. The van der Waals surface area contributed by atoms with Crippen molar-refractivity contribution in [2.75, 3.05) is 16.6 Å². The van der Waals surface area contributed by atoms with E-state index in [4.69, 9.17) is 4.74 Å². The molecule has 0 radical (unpaired) electrons. The van der Waals surface area contributed by atoms with Gasteiger partial charge in [-0.05, 0) is 37.3 Å². The van der Waals surface area contributed by atoms with Crippen LogP contribution in [0.1, 0.15) is 17.3 Å². The molecule has 1 aliphatic rings. The lowest BCUT2D eigenvalue weighted by Gasteiger charge is -2.18. The first-order chi connectivity index (χ1) is 11.3. The molecule has 0 bridgehead atoms. The lowest BCUT2D eigenvalue weighted by atomic mass is 10.1. The molecule has 8 heteroatoms. The van der Waals surface area contributed by atoms with E-state index in [-0.39, 0.29) is 28.9 Å². The number of sulfonamides is 1. The summed E-state index contributed by atoms with van der Waals surface area (Å²) in [5.74, 6) is -0.101. The van der Waals surface area contributed by atoms with E-state index in [1.165, 1.54) is 31.2 Å². The summed E-state index contributed by atoms with van der Waals surface area (Å²) in [5, 5.41) is 2.56. The number of anilines is 2. The topological polar surface area (TPSA) is 102 Å². The van der Waals surface area contributed by atoms with Gasteiger partial charge in [-0.15, -0.1) is 0 Å². The predicted octanol–water partition coefficient (Wildman–Crippen LogP) is 2.02. The maximum atomic E-state index is 12.5. The van der Waals surface area contributed by atoms with Gasteiger partial charge < -0.3 is 10.1 Å². The molecule has 0 unspecified atom stereocenters. The Bertz CT molecular complexity index is 937. The molecule has 1 aliphatic heterocycles. The number of rotatable bonds is 4. The van der Waals surface area contributed by atoms with Gasteiger partial charge >= 0.3 is 0 Å². The summed E-state index contributed by atoms with van der Waals surface area (Å²) in [4.78, 5) is 22.7. The van der Waals surface area contributed by atoms with Crippen LogP contribution < -0.4 is 14.8 Å². The van der Waals surface area contributed by atoms with Crippen molar-refractivity contribution in [1.82, 2.24) is 0 Å². The lowest BCUT2D eigenvalue weighted by molar-refractivity contribution is -0.118. The van der Waals surface area contributed by atoms with Gasteiger partial charge in [0.05, 0.1) is 10.6 Å². The van der Waals surface area contributed by atoms with Crippen LogP contribution in [0.4, 0.5) is 11.4 Å². The molecule has 0 spiro atoms. The van der Waals surface area contributed by atoms with Crippen molar-refractivity contribution in [3.63, 3.8) is 0 Å². The quantitative estimate of drug-likeness (QED) is 0.825. The van der Waals surface area contributed by atoms with Gasteiger partial charge in [0, 0.05) is 11.3 Å². The second-order valence-corrected chi connectivity index (χ2v) is 6.92. The van der Waals surface area contributed by atoms with E-state index in [1.54, 1.807) is 18.2 Å². The molecule has 7 nitrogen and oxygen atoms in total. The molecule has 0 aliphatic carbocycles. The number of fused-ring (bicyclic) bond motifs is 1. The first-order valence-electron chi connectivity index (χ1n) is 7.06. The van der Waals surface area contributed by atoms with Crippen LogP contribution in [0, 0.1) is 0 Å². The molecule has 24 heavy (non-hydrogen) atoms. The molecule has 0 saturated carbocycles. The zero-order valence-corrected chi connectivity index (χ0v) is 13.5. The highest BCUT2D eigenvalue weighted by molar-refractivity contribution is 7.92. The van der Waals surface area contributed by atoms with Gasteiger partial charge in [-0.2, -0.15) is 0 Å². The van der Waals surface area contributed by atoms with Gasteiger partial charge in [0.25, 0.3) is 15.9 Å². The Balaban J connectivity index is 1.91. The number of nitrogens with one attached hydrogen (secondary N) is 2. The van der Waals surface area contributed by atoms with E-state index in [0.29, 0.717) is 17.0 Å². The van der Waals surface area contributed by atoms with Crippen LogP contribution in [0.25, 0.3) is 0 Å². The van der Waals surface area contributed by atoms with Crippen LogP contribution in [0.15, 0.2) is 47.4 Å². The van der Waals surface area contributed by atoms with Crippen molar-refractivity contribution in [3.05, 3.63) is 48.0 Å². The lowest BCUT2D eigenvalue weighted by Crippen LogP contribution is -2.25. The molecule has 0 atom stereocenters. The maximum Gasteiger partial charge on any atom is 0.262 e. The number of ether oxygens (including phenoxy) is 1. The summed E-state index contributed by atoms with van der Waals surface area (Å²) < 4.78 is 32.6. The van der Waals surface area contributed by atoms with Crippen molar-refractivity contribution in [3.8, 4) is 5.75 Å². The zero-order valence-electron chi connectivity index (χ0n) is 12.7. The summed E-state index contributed by atoms with van der Waals surface area (Å²) in [5.41, 5.74) is 0.980. The number of Topliss-reactive ketones (excluding diaryl/α,β-unsaturated/α-hetero) is 1. The number of carbonyl (C=O) groups excluding carboxylic acids is 2. The Hall–Kier alpha value is -2.87. The fraction of sp³-hybridized carbons (Fsp3) is 0.125. The van der Waals surface area contributed by atoms with E-state index in [2.05, 4.69) is 10.0 Å². The molecule has 0 fully saturated rings. The van der Waals surface area contributed by atoms with Gasteiger partial charge in [-0.25, -0.2) is 8.42 Å². The normalized spacial score (nSPS) is 13.5. The summed E-state index contributed by atoms with van der Waals surface area (Å²) >= 11 is 0. The first-order valence-corrected chi connectivity index (χ1v) is 8.54. The third kappa shape index (κ3) is 3.23. The minimum absolute atomic E-state index is 0.0275. The van der Waals surface area contributed by atoms with Crippen molar-refractivity contribution in [1.29, 1.82) is 0 Å². The summed E-state index contributed by atoms with van der Waals surface area (Å²) in [7, 11) is -3.87. The van der Waals surface area contributed by atoms with Crippen LogP contribution in [0.2, 0.25) is 0 Å². The number of amides is 1. The minimum Gasteiger partial charge on any atom is -0.482 e. The molecular weight excluding hydrogens is 332 g/mol. The first kappa shape index (κ1) is 16.0. The van der Waals surface area contributed by atoms with Gasteiger partial charge in [0.2, 0.25) is 0 Å². The molecular formula is C16H14N2O5S. The van der Waals surface area contributed by atoms with Crippen molar-refractivity contribution >= 4 is 33.1 Å². The van der Waals surface area contributed by atoms with Crippen molar-refractivity contribution in [2.45, 2.75) is 11.8 Å². The third-order valence-electron chi connectivity index (χ3n) is 3.42. The minimum atomic E-state index is -3.87. The Morgan fingerprint density at radius 1 is 1.21 bits per heavy atom. The Kier molecular flexibility index (Phi) is 3.98. The summed E-state index contributed by atoms with van der Waals surface area (Å²) in [6.45, 7) is 1.30. The van der Waals surface area contributed by atoms with E-state index >= 15 is 0 Å². The Morgan fingerprint density at radius 3 is 2.75 bits per heavy atom. The number of hydrogen-bond acceptors (Lipinski definition) is 5. The van der Waals surface area contributed by atoms with Gasteiger partial charge in [-0.1, -0.05) is 12.1 Å². The van der Waals surface area contributed by atoms with E-state index in [0.717, 1.165) is 0 Å². The van der Waals surface area contributed by atoms with Gasteiger partial charge in [-0.3, -0.25) is 14.3 Å². The molecule has 2 N–H and O–H groups in total. The third-order valence-corrected chi connectivity index (χ3v) is 4.79. The molecule has 3 rings (SSSR count). The highest BCUT2D eigenvalue weighted by atomic mass is 32.2.